The van der Waals surface area contributed by atoms with Crippen molar-refractivity contribution >= 4 is 5.65 Å². The van der Waals surface area contributed by atoms with E-state index in [1.54, 1.807) is 22.7 Å². The van der Waals surface area contributed by atoms with E-state index in [0.717, 1.165) is 11.2 Å². The summed E-state index contributed by atoms with van der Waals surface area (Å²) in [6, 6.07) is 5.62. The molecule has 0 bridgehead atoms. The highest BCUT2D eigenvalue weighted by Crippen LogP contribution is 2.07. The Balaban J connectivity index is 2.83. The van der Waals surface area contributed by atoms with E-state index in [4.69, 9.17) is 11.7 Å². The van der Waals surface area contributed by atoms with Crippen LogP contribution in [0.1, 0.15) is 11.3 Å². The molecule has 0 N–H and O–H groups in total. The topological polar surface area (TPSA) is 41.1 Å². The molecule has 0 aromatic carbocycles. The number of aromatic nitrogens is 2. The van der Waals surface area contributed by atoms with Crippen molar-refractivity contribution in [2.45, 2.75) is 0 Å². The second-order valence-corrected chi connectivity index (χ2v) is 2.55. The SMILES string of the molecule is C#Cc1ccc2ncc(C#N)n2c1. The Morgan fingerprint density at radius 1 is 1.46 bits per heavy atom. The lowest BCUT2D eigenvalue weighted by atomic mass is 10.3. The third-order valence-electron chi connectivity index (χ3n) is 1.79. The normalized spacial score (nSPS) is 9.38. The molecule has 0 spiro atoms. The molecule has 0 aliphatic carbocycles. The lowest BCUT2D eigenvalue weighted by molar-refractivity contribution is 1.15. The van der Waals surface area contributed by atoms with Crippen LogP contribution >= 0.6 is 0 Å². The fraction of sp³-hybridized carbons (Fsp3) is 0. The minimum atomic E-state index is 0.493. The van der Waals surface area contributed by atoms with E-state index in [0.29, 0.717) is 5.69 Å². The van der Waals surface area contributed by atoms with Gasteiger partial charge in [0.1, 0.15) is 17.4 Å². The fourth-order valence-electron chi connectivity index (χ4n) is 1.15. The van der Waals surface area contributed by atoms with Crippen LogP contribution in [0.2, 0.25) is 0 Å². The molecule has 2 aromatic heterocycles. The summed E-state index contributed by atoms with van der Waals surface area (Å²) in [5, 5.41) is 8.73. The number of pyridine rings is 1. The van der Waals surface area contributed by atoms with Gasteiger partial charge in [-0.3, -0.25) is 4.40 Å². The van der Waals surface area contributed by atoms with Crippen molar-refractivity contribution in [1.82, 2.24) is 9.38 Å². The van der Waals surface area contributed by atoms with E-state index in [1.165, 1.54) is 6.20 Å². The summed E-state index contributed by atoms with van der Waals surface area (Å²) in [6.07, 6.45) is 8.48. The van der Waals surface area contributed by atoms with E-state index in [2.05, 4.69) is 10.9 Å². The Morgan fingerprint density at radius 2 is 2.31 bits per heavy atom. The fourth-order valence-corrected chi connectivity index (χ4v) is 1.15. The maximum Gasteiger partial charge on any atom is 0.144 e. The molecular formula is C10H5N3. The third kappa shape index (κ3) is 1.04. The van der Waals surface area contributed by atoms with Crippen LogP contribution in [0.3, 0.4) is 0 Å². The Labute approximate surface area is 75.3 Å². The van der Waals surface area contributed by atoms with Crippen molar-refractivity contribution < 1.29 is 0 Å². The molecule has 0 saturated carbocycles. The molecule has 3 nitrogen and oxygen atoms in total. The maximum absolute atomic E-state index is 8.73. The van der Waals surface area contributed by atoms with Crippen molar-refractivity contribution in [1.29, 1.82) is 5.26 Å². The average molecular weight is 167 g/mol. The summed E-state index contributed by atoms with van der Waals surface area (Å²) in [7, 11) is 0. The molecular weight excluding hydrogens is 162 g/mol. The highest BCUT2D eigenvalue weighted by Gasteiger charge is 2.00. The van der Waals surface area contributed by atoms with E-state index < -0.39 is 0 Å². The predicted octanol–water partition coefficient (Wildman–Crippen LogP) is 1.19. The van der Waals surface area contributed by atoms with Gasteiger partial charge in [-0.15, -0.1) is 6.42 Å². The van der Waals surface area contributed by atoms with Crippen molar-refractivity contribution in [3.05, 3.63) is 35.8 Å². The smallest absolute Gasteiger partial charge is 0.144 e. The number of rotatable bonds is 0. The van der Waals surface area contributed by atoms with Gasteiger partial charge < -0.3 is 0 Å². The molecule has 13 heavy (non-hydrogen) atoms. The zero-order valence-electron chi connectivity index (χ0n) is 6.73. The molecule has 2 rings (SSSR count). The molecule has 0 aliphatic heterocycles. The standard InChI is InChI=1S/C10H5N3/c1-2-8-3-4-10-12-6-9(5-11)13(10)7-8/h1,3-4,6-7H. The number of nitriles is 1. The molecule has 3 heteroatoms. The van der Waals surface area contributed by atoms with Gasteiger partial charge in [0.15, 0.2) is 0 Å². The van der Waals surface area contributed by atoms with Gasteiger partial charge in [0.05, 0.1) is 6.20 Å². The highest BCUT2D eigenvalue weighted by atomic mass is 15.0. The minimum Gasteiger partial charge on any atom is -0.290 e. The first-order valence-electron chi connectivity index (χ1n) is 3.69. The molecule has 0 saturated heterocycles. The first-order valence-corrected chi connectivity index (χ1v) is 3.69. The Bertz CT molecular complexity index is 537. The number of hydrogen-bond acceptors (Lipinski definition) is 2. The molecule has 0 aliphatic rings. The van der Waals surface area contributed by atoms with E-state index >= 15 is 0 Å². The van der Waals surface area contributed by atoms with Crippen LogP contribution in [-0.2, 0) is 0 Å². The van der Waals surface area contributed by atoms with Crippen LogP contribution < -0.4 is 0 Å². The zero-order valence-corrected chi connectivity index (χ0v) is 6.73. The summed E-state index contributed by atoms with van der Waals surface area (Å²) in [5.41, 5.74) is 1.96. The molecule has 2 heterocycles. The van der Waals surface area contributed by atoms with Crippen molar-refractivity contribution in [3.8, 4) is 18.4 Å². The quantitative estimate of drug-likeness (QED) is 0.553. The van der Waals surface area contributed by atoms with Crippen LogP contribution in [0.15, 0.2) is 24.5 Å². The monoisotopic (exact) mass is 167 g/mol. The highest BCUT2D eigenvalue weighted by molar-refractivity contribution is 5.47. The first kappa shape index (κ1) is 7.39. The predicted molar refractivity (Wildman–Crippen MR) is 47.8 cm³/mol. The Morgan fingerprint density at radius 3 is 3.00 bits per heavy atom. The van der Waals surface area contributed by atoms with Gasteiger partial charge in [-0.05, 0) is 12.1 Å². The van der Waals surface area contributed by atoms with Gasteiger partial charge >= 0.3 is 0 Å². The maximum atomic E-state index is 8.73. The Hall–Kier alpha value is -2.26. The van der Waals surface area contributed by atoms with Crippen LogP contribution in [0, 0.1) is 23.7 Å². The van der Waals surface area contributed by atoms with E-state index in [1.807, 2.05) is 6.07 Å². The number of hydrogen-bond donors (Lipinski definition) is 0. The molecule has 2 aromatic rings. The van der Waals surface area contributed by atoms with Gasteiger partial charge in [-0.2, -0.15) is 5.26 Å². The Kier molecular flexibility index (Phi) is 1.51. The molecule has 0 amide bonds. The van der Waals surface area contributed by atoms with Crippen molar-refractivity contribution in [2.75, 3.05) is 0 Å². The van der Waals surface area contributed by atoms with E-state index in [9.17, 15) is 0 Å². The molecule has 60 valence electrons. The lowest BCUT2D eigenvalue weighted by Crippen LogP contribution is -1.88. The van der Waals surface area contributed by atoms with Crippen molar-refractivity contribution in [2.24, 2.45) is 0 Å². The summed E-state index contributed by atoms with van der Waals surface area (Å²) < 4.78 is 1.68. The number of nitrogens with zero attached hydrogens (tertiary/aromatic N) is 3. The van der Waals surface area contributed by atoms with Crippen molar-refractivity contribution in [3.63, 3.8) is 0 Å². The largest absolute Gasteiger partial charge is 0.290 e. The summed E-state index contributed by atoms with van der Waals surface area (Å²) >= 11 is 0. The lowest BCUT2D eigenvalue weighted by Gasteiger charge is -1.94. The molecule has 0 fully saturated rings. The summed E-state index contributed by atoms with van der Waals surface area (Å²) in [6.45, 7) is 0. The molecule has 0 radical (unpaired) electrons. The summed E-state index contributed by atoms with van der Waals surface area (Å²) in [4.78, 5) is 4.04. The second kappa shape index (κ2) is 2.66. The number of terminal acetylenes is 1. The van der Waals surface area contributed by atoms with Gasteiger partial charge in [0, 0.05) is 11.8 Å². The third-order valence-corrected chi connectivity index (χ3v) is 1.79. The van der Waals surface area contributed by atoms with Crippen LogP contribution in [-0.4, -0.2) is 9.38 Å². The van der Waals surface area contributed by atoms with Crippen LogP contribution in [0.5, 0.6) is 0 Å². The average Bonchev–Trinajstić information content (AvgIpc) is 2.59. The second-order valence-electron chi connectivity index (χ2n) is 2.55. The zero-order chi connectivity index (χ0) is 9.26. The number of fused-ring (bicyclic) bond motifs is 1. The van der Waals surface area contributed by atoms with Gasteiger partial charge in [0.2, 0.25) is 0 Å². The minimum absolute atomic E-state index is 0.493. The van der Waals surface area contributed by atoms with E-state index in [-0.39, 0.29) is 0 Å². The first-order chi connectivity index (χ1) is 6.35. The van der Waals surface area contributed by atoms with Crippen LogP contribution in [0.4, 0.5) is 0 Å². The van der Waals surface area contributed by atoms with Crippen LogP contribution in [0.25, 0.3) is 5.65 Å². The molecule has 0 unspecified atom stereocenters. The molecule has 0 atom stereocenters. The van der Waals surface area contributed by atoms with Gasteiger partial charge in [0.25, 0.3) is 0 Å². The number of imidazole rings is 1. The van der Waals surface area contributed by atoms with Gasteiger partial charge in [-0.1, -0.05) is 5.92 Å². The summed E-state index contributed by atoms with van der Waals surface area (Å²) in [5.74, 6) is 2.50. The van der Waals surface area contributed by atoms with Gasteiger partial charge in [-0.25, -0.2) is 4.98 Å².